The summed E-state index contributed by atoms with van der Waals surface area (Å²) in [5, 5.41) is 5.85. The van der Waals surface area contributed by atoms with E-state index in [0.717, 1.165) is 11.3 Å². The van der Waals surface area contributed by atoms with Crippen molar-refractivity contribution in [3.8, 4) is 11.3 Å². The van der Waals surface area contributed by atoms with E-state index in [1.807, 2.05) is 54.8 Å². The fourth-order valence-corrected chi connectivity index (χ4v) is 5.14. The van der Waals surface area contributed by atoms with E-state index in [2.05, 4.69) is 15.3 Å². The predicted octanol–water partition coefficient (Wildman–Crippen LogP) is 4.85. The number of aromatic nitrogens is 3. The molecule has 0 radical (unpaired) electrons. The molecule has 0 aliphatic heterocycles. The van der Waals surface area contributed by atoms with Crippen LogP contribution in [-0.4, -0.2) is 39.4 Å². The molecule has 1 amide bonds. The Hall–Kier alpha value is -3.01. The van der Waals surface area contributed by atoms with Gasteiger partial charge in [0.15, 0.2) is 10.3 Å². The standard InChI is InChI=1S/C24H24N4O3S2/c1-15(13-31-3)28-22(30)18-11-7-8-12-19(18)26-24(28)33-16(2)21(29)27-23-25-20(14-32-23)17-9-5-4-6-10-17/h4-12,14-16H,13H2,1-3H3,(H,25,27,29). The van der Waals surface area contributed by atoms with Gasteiger partial charge in [0.1, 0.15) is 0 Å². The van der Waals surface area contributed by atoms with Crippen LogP contribution in [0.1, 0.15) is 19.9 Å². The van der Waals surface area contributed by atoms with Crippen LogP contribution in [0.4, 0.5) is 5.13 Å². The smallest absolute Gasteiger partial charge is 0.262 e. The van der Waals surface area contributed by atoms with Gasteiger partial charge in [0.2, 0.25) is 5.91 Å². The second-order valence-electron chi connectivity index (χ2n) is 7.54. The van der Waals surface area contributed by atoms with Crippen molar-refractivity contribution in [3.05, 3.63) is 70.3 Å². The molecule has 1 N–H and O–H groups in total. The molecule has 0 fully saturated rings. The number of fused-ring (bicyclic) bond motifs is 1. The van der Waals surface area contributed by atoms with Gasteiger partial charge in [0, 0.05) is 18.1 Å². The first-order chi connectivity index (χ1) is 16.0. The van der Waals surface area contributed by atoms with Gasteiger partial charge in [-0.1, -0.05) is 54.2 Å². The molecule has 0 saturated heterocycles. The third kappa shape index (κ3) is 5.16. The molecule has 2 aromatic heterocycles. The maximum Gasteiger partial charge on any atom is 0.262 e. The minimum Gasteiger partial charge on any atom is -0.383 e. The summed E-state index contributed by atoms with van der Waals surface area (Å²) in [4.78, 5) is 35.3. The van der Waals surface area contributed by atoms with Gasteiger partial charge in [0.05, 0.1) is 34.5 Å². The second-order valence-corrected chi connectivity index (χ2v) is 9.71. The summed E-state index contributed by atoms with van der Waals surface area (Å²) in [5.74, 6) is -0.206. The van der Waals surface area contributed by atoms with Crippen molar-refractivity contribution in [2.24, 2.45) is 0 Å². The average molecular weight is 481 g/mol. The summed E-state index contributed by atoms with van der Waals surface area (Å²) in [6.45, 7) is 4.05. The Labute approximate surface area is 199 Å². The molecule has 2 heterocycles. The molecule has 4 rings (SSSR count). The Balaban J connectivity index is 1.56. The lowest BCUT2D eigenvalue weighted by molar-refractivity contribution is -0.115. The minimum atomic E-state index is -0.497. The average Bonchev–Trinajstić information content (AvgIpc) is 3.28. The number of carbonyl (C=O) groups excluding carboxylic acids is 1. The highest BCUT2D eigenvalue weighted by atomic mass is 32.2. The number of thiazole rings is 1. The van der Waals surface area contributed by atoms with Crippen molar-refractivity contribution in [3.63, 3.8) is 0 Å². The summed E-state index contributed by atoms with van der Waals surface area (Å²) >= 11 is 2.62. The molecular formula is C24H24N4O3S2. The Bertz CT molecular complexity index is 1320. The highest BCUT2D eigenvalue weighted by Crippen LogP contribution is 2.28. The Morgan fingerprint density at radius 3 is 2.61 bits per heavy atom. The molecule has 0 aliphatic carbocycles. The Kier molecular flexibility index (Phi) is 7.22. The fourth-order valence-electron chi connectivity index (χ4n) is 3.40. The van der Waals surface area contributed by atoms with E-state index in [9.17, 15) is 9.59 Å². The Morgan fingerprint density at radius 2 is 1.85 bits per heavy atom. The molecule has 0 aliphatic rings. The van der Waals surface area contributed by atoms with Crippen LogP contribution in [0.15, 0.2) is 69.9 Å². The summed E-state index contributed by atoms with van der Waals surface area (Å²) in [5.41, 5.74) is 2.27. The first-order valence-electron chi connectivity index (χ1n) is 10.5. The van der Waals surface area contributed by atoms with Gasteiger partial charge in [-0.15, -0.1) is 11.3 Å². The van der Waals surface area contributed by atoms with Gasteiger partial charge < -0.3 is 10.1 Å². The molecule has 9 heteroatoms. The molecule has 0 bridgehead atoms. The number of methoxy groups -OCH3 is 1. The van der Waals surface area contributed by atoms with Crippen molar-refractivity contribution in [1.29, 1.82) is 0 Å². The monoisotopic (exact) mass is 480 g/mol. The number of para-hydroxylation sites is 1. The van der Waals surface area contributed by atoms with Crippen molar-refractivity contribution >= 4 is 45.0 Å². The number of rotatable bonds is 8. The number of benzene rings is 2. The SMILES string of the molecule is COCC(C)n1c(SC(C)C(=O)Nc2nc(-c3ccccc3)cs2)nc2ccccc2c1=O. The number of ether oxygens (including phenoxy) is 1. The lowest BCUT2D eigenvalue weighted by Crippen LogP contribution is -2.30. The highest BCUT2D eigenvalue weighted by Gasteiger charge is 2.22. The van der Waals surface area contributed by atoms with Gasteiger partial charge in [-0.3, -0.25) is 14.2 Å². The molecule has 7 nitrogen and oxygen atoms in total. The van der Waals surface area contributed by atoms with E-state index in [4.69, 9.17) is 4.74 Å². The lowest BCUT2D eigenvalue weighted by atomic mass is 10.2. The molecule has 0 saturated carbocycles. The van der Waals surface area contributed by atoms with Gasteiger partial charge in [-0.05, 0) is 26.0 Å². The van der Waals surface area contributed by atoms with E-state index < -0.39 is 5.25 Å². The maximum absolute atomic E-state index is 13.2. The summed E-state index contributed by atoms with van der Waals surface area (Å²) < 4.78 is 6.88. The quantitative estimate of drug-likeness (QED) is 0.287. The number of hydrogen-bond acceptors (Lipinski definition) is 7. The Morgan fingerprint density at radius 1 is 1.12 bits per heavy atom. The van der Waals surface area contributed by atoms with Crippen LogP contribution in [0.2, 0.25) is 0 Å². The normalized spacial score (nSPS) is 13.1. The van der Waals surface area contributed by atoms with Gasteiger partial charge >= 0.3 is 0 Å². The van der Waals surface area contributed by atoms with Crippen molar-refractivity contribution in [1.82, 2.24) is 14.5 Å². The zero-order valence-electron chi connectivity index (χ0n) is 18.5. The van der Waals surface area contributed by atoms with Crippen LogP contribution < -0.4 is 10.9 Å². The van der Waals surface area contributed by atoms with E-state index in [-0.39, 0.29) is 17.5 Å². The topological polar surface area (TPSA) is 86.1 Å². The molecule has 4 aromatic rings. The van der Waals surface area contributed by atoms with E-state index in [1.165, 1.54) is 23.1 Å². The molecule has 170 valence electrons. The van der Waals surface area contributed by atoms with Gasteiger partial charge in [-0.2, -0.15) is 0 Å². The van der Waals surface area contributed by atoms with Crippen LogP contribution in [0.25, 0.3) is 22.2 Å². The van der Waals surface area contributed by atoms with E-state index >= 15 is 0 Å². The summed E-state index contributed by atoms with van der Waals surface area (Å²) in [6, 6.07) is 16.8. The molecular weight excluding hydrogens is 456 g/mol. The highest BCUT2D eigenvalue weighted by molar-refractivity contribution is 8.00. The number of hydrogen-bond donors (Lipinski definition) is 1. The molecule has 0 spiro atoms. The second kappa shape index (κ2) is 10.3. The first-order valence-corrected chi connectivity index (χ1v) is 12.2. The number of nitrogens with zero attached hydrogens (tertiary/aromatic N) is 3. The summed E-state index contributed by atoms with van der Waals surface area (Å²) in [7, 11) is 1.59. The zero-order chi connectivity index (χ0) is 23.4. The summed E-state index contributed by atoms with van der Waals surface area (Å²) in [6.07, 6.45) is 0. The van der Waals surface area contributed by atoms with Crippen LogP contribution in [-0.2, 0) is 9.53 Å². The van der Waals surface area contributed by atoms with Crippen molar-refractivity contribution < 1.29 is 9.53 Å². The van der Waals surface area contributed by atoms with E-state index in [0.29, 0.717) is 27.8 Å². The molecule has 33 heavy (non-hydrogen) atoms. The lowest BCUT2D eigenvalue weighted by Gasteiger charge is -2.20. The number of amides is 1. The van der Waals surface area contributed by atoms with E-state index in [1.54, 1.807) is 30.7 Å². The number of nitrogens with one attached hydrogen (secondary N) is 1. The largest absolute Gasteiger partial charge is 0.383 e. The molecule has 2 aromatic carbocycles. The van der Waals surface area contributed by atoms with Gasteiger partial charge in [-0.25, -0.2) is 9.97 Å². The van der Waals surface area contributed by atoms with Crippen LogP contribution in [0, 0.1) is 0 Å². The minimum absolute atomic E-state index is 0.146. The molecule has 2 atom stereocenters. The number of anilines is 1. The fraction of sp³-hybridized carbons (Fsp3) is 0.250. The third-order valence-corrected chi connectivity index (χ3v) is 6.90. The predicted molar refractivity (Wildman–Crippen MR) is 134 cm³/mol. The van der Waals surface area contributed by atoms with Crippen molar-refractivity contribution in [2.75, 3.05) is 19.0 Å². The molecule has 2 unspecified atom stereocenters. The van der Waals surface area contributed by atoms with Gasteiger partial charge in [0.25, 0.3) is 5.56 Å². The maximum atomic E-state index is 13.2. The first kappa shape index (κ1) is 23.2. The van der Waals surface area contributed by atoms with Crippen LogP contribution >= 0.6 is 23.1 Å². The zero-order valence-corrected chi connectivity index (χ0v) is 20.2. The van der Waals surface area contributed by atoms with Crippen LogP contribution in [0.3, 0.4) is 0 Å². The van der Waals surface area contributed by atoms with Crippen molar-refractivity contribution in [2.45, 2.75) is 30.3 Å². The third-order valence-electron chi connectivity index (χ3n) is 5.08. The number of thioether (sulfide) groups is 1. The number of carbonyl (C=O) groups is 1. The van der Waals surface area contributed by atoms with Crippen LogP contribution in [0.5, 0.6) is 0 Å².